The van der Waals surface area contributed by atoms with Crippen molar-refractivity contribution in [1.82, 2.24) is 5.48 Å². The fourth-order valence-corrected chi connectivity index (χ4v) is 1.82. The molecule has 0 saturated heterocycles. The van der Waals surface area contributed by atoms with Gasteiger partial charge in [-0.2, -0.15) is 0 Å². The minimum Gasteiger partial charge on any atom is -0.277 e. The van der Waals surface area contributed by atoms with Crippen molar-refractivity contribution < 1.29 is 9.63 Å². The van der Waals surface area contributed by atoms with E-state index in [2.05, 4.69) is 10.3 Å². The Kier molecular flexibility index (Phi) is 5.11. The number of hydrogen-bond donors (Lipinski definition) is 1. The second-order valence-corrected chi connectivity index (χ2v) is 3.81. The predicted molar refractivity (Wildman–Crippen MR) is 56.9 cm³/mol. The molecule has 4 heteroatoms. The van der Waals surface area contributed by atoms with E-state index < -0.39 is 0 Å². The third kappa shape index (κ3) is 4.30. The lowest BCUT2D eigenvalue weighted by atomic mass is 10.4. The summed E-state index contributed by atoms with van der Waals surface area (Å²) in [5.74, 6) is 0.676. The molecule has 0 saturated carbocycles. The average Bonchev–Trinajstić information content (AvgIpc) is 2.20. The second kappa shape index (κ2) is 6.45. The highest BCUT2D eigenvalue weighted by molar-refractivity contribution is 7.99. The molecule has 0 radical (unpaired) electrons. The molecule has 76 valence electrons. The number of hydrogen-bond acceptors (Lipinski definition) is 3. The number of carbonyl (C=O) groups excluding carboxylic acids is 1. The summed E-state index contributed by atoms with van der Waals surface area (Å²) in [6, 6.07) is 9.99. The number of hydroxylamine groups is 1. The van der Waals surface area contributed by atoms with Crippen molar-refractivity contribution in [3.05, 3.63) is 30.3 Å². The summed E-state index contributed by atoms with van der Waals surface area (Å²) in [6.07, 6.45) is 0.466. The molecular weight excluding hydrogens is 198 g/mol. The number of carbonyl (C=O) groups is 1. The quantitative estimate of drug-likeness (QED) is 0.596. The fraction of sp³-hybridized carbons (Fsp3) is 0.300. The highest BCUT2D eigenvalue weighted by atomic mass is 32.2. The lowest BCUT2D eigenvalue weighted by Crippen LogP contribution is -2.21. The first-order chi connectivity index (χ1) is 6.83. The Bertz CT molecular complexity index is 277. The van der Waals surface area contributed by atoms with Crippen molar-refractivity contribution in [1.29, 1.82) is 0 Å². The van der Waals surface area contributed by atoms with Gasteiger partial charge < -0.3 is 0 Å². The lowest BCUT2D eigenvalue weighted by molar-refractivity contribution is -0.130. The predicted octanol–water partition coefficient (Wildman–Crippen LogP) is 1.85. The maximum Gasteiger partial charge on any atom is 0.244 e. The molecule has 0 heterocycles. The molecule has 0 aromatic heterocycles. The van der Waals surface area contributed by atoms with Gasteiger partial charge in [0.15, 0.2) is 0 Å². The molecule has 0 aliphatic heterocycles. The van der Waals surface area contributed by atoms with E-state index in [4.69, 9.17) is 0 Å². The van der Waals surface area contributed by atoms with Gasteiger partial charge in [-0.05, 0) is 12.1 Å². The van der Waals surface area contributed by atoms with E-state index in [0.717, 1.165) is 5.75 Å². The van der Waals surface area contributed by atoms with Crippen LogP contribution >= 0.6 is 11.8 Å². The number of thioether (sulfide) groups is 1. The van der Waals surface area contributed by atoms with Gasteiger partial charge in [-0.15, -0.1) is 11.8 Å². The van der Waals surface area contributed by atoms with Gasteiger partial charge >= 0.3 is 0 Å². The van der Waals surface area contributed by atoms with Gasteiger partial charge in [-0.3, -0.25) is 9.63 Å². The summed E-state index contributed by atoms with van der Waals surface area (Å²) in [5, 5.41) is 0. The Morgan fingerprint density at radius 3 is 2.79 bits per heavy atom. The van der Waals surface area contributed by atoms with Crippen molar-refractivity contribution in [2.75, 3.05) is 12.9 Å². The maximum atomic E-state index is 11.0. The van der Waals surface area contributed by atoms with Crippen LogP contribution in [-0.4, -0.2) is 18.8 Å². The molecule has 14 heavy (non-hydrogen) atoms. The Morgan fingerprint density at radius 2 is 2.14 bits per heavy atom. The third-order valence-corrected chi connectivity index (χ3v) is 2.57. The zero-order valence-corrected chi connectivity index (χ0v) is 8.84. The van der Waals surface area contributed by atoms with Crippen LogP contribution in [0, 0.1) is 0 Å². The normalized spacial score (nSPS) is 9.79. The average molecular weight is 211 g/mol. The molecule has 1 aromatic rings. The lowest BCUT2D eigenvalue weighted by Gasteiger charge is -2.01. The molecule has 1 N–H and O–H groups in total. The molecular formula is C10H13NO2S. The summed E-state index contributed by atoms with van der Waals surface area (Å²) in [5.41, 5.74) is 2.28. The minimum absolute atomic E-state index is 0.0871. The minimum atomic E-state index is -0.0871. The van der Waals surface area contributed by atoms with Crippen LogP contribution in [-0.2, 0) is 9.63 Å². The van der Waals surface area contributed by atoms with Crippen LogP contribution in [0.5, 0.6) is 0 Å². The number of nitrogens with one attached hydrogen (secondary N) is 1. The van der Waals surface area contributed by atoms with Crippen LogP contribution in [0.1, 0.15) is 6.42 Å². The largest absolute Gasteiger partial charge is 0.277 e. The monoisotopic (exact) mass is 211 g/mol. The summed E-state index contributed by atoms with van der Waals surface area (Å²) in [7, 11) is 1.43. The van der Waals surface area contributed by atoms with E-state index in [9.17, 15) is 4.79 Å². The summed E-state index contributed by atoms with van der Waals surface area (Å²) >= 11 is 1.66. The Labute approximate surface area is 87.8 Å². The van der Waals surface area contributed by atoms with Gasteiger partial charge in [0.05, 0.1) is 7.11 Å². The number of benzene rings is 1. The molecule has 3 nitrogen and oxygen atoms in total. The highest BCUT2D eigenvalue weighted by Crippen LogP contribution is 2.17. The van der Waals surface area contributed by atoms with Crippen molar-refractivity contribution >= 4 is 17.7 Å². The maximum absolute atomic E-state index is 11.0. The third-order valence-electron chi connectivity index (χ3n) is 1.56. The first kappa shape index (κ1) is 11.1. The molecule has 1 rings (SSSR count). The van der Waals surface area contributed by atoms with Gasteiger partial charge in [-0.1, -0.05) is 18.2 Å². The van der Waals surface area contributed by atoms with Crippen molar-refractivity contribution in [3.8, 4) is 0 Å². The summed E-state index contributed by atoms with van der Waals surface area (Å²) in [4.78, 5) is 16.7. The highest BCUT2D eigenvalue weighted by Gasteiger charge is 1.99. The molecule has 0 fully saturated rings. The Hall–Kier alpha value is -1.00. The van der Waals surface area contributed by atoms with E-state index in [1.165, 1.54) is 12.0 Å². The molecule has 0 bridgehead atoms. The van der Waals surface area contributed by atoms with Crippen LogP contribution < -0.4 is 5.48 Å². The summed E-state index contributed by atoms with van der Waals surface area (Å²) < 4.78 is 0. The van der Waals surface area contributed by atoms with Crippen LogP contribution in [0.4, 0.5) is 0 Å². The molecule has 0 spiro atoms. The Balaban J connectivity index is 2.19. The van der Waals surface area contributed by atoms with Crippen LogP contribution in [0.25, 0.3) is 0 Å². The van der Waals surface area contributed by atoms with Crippen LogP contribution in [0.2, 0.25) is 0 Å². The van der Waals surface area contributed by atoms with Gasteiger partial charge in [0.25, 0.3) is 0 Å². The van der Waals surface area contributed by atoms with Crippen molar-refractivity contribution in [2.45, 2.75) is 11.3 Å². The van der Waals surface area contributed by atoms with Crippen LogP contribution in [0.15, 0.2) is 35.2 Å². The zero-order valence-electron chi connectivity index (χ0n) is 8.03. The van der Waals surface area contributed by atoms with Gasteiger partial charge in [-0.25, -0.2) is 5.48 Å². The van der Waals surface area contributed by atoms with E-state index in [-0.39, 0.29) is 5.91 Å². The Morgan fingerprint density at radius 1 is 1.43 bits per heavy atom. The van der Waals surface area contributed by atoms with Gasteiger partial charge in [0.2, 0.25) is 5.91 Å². The molecule has 0 atom stereocenters. The first-order valence-corrected chi connectivity index (χ1v) is 5.31. The first-order valence-electron chi connectivity index (χ1n) is 4.32. The van der Waals surface area contributed by atoms with Gasteiger partial charge in [0, 0.05) is 17.1 Å². The molecule has 0 unspecified atom stereocenters. The number of amides is 1. The topological polar surface area (TPSA) is 38.3 Å². The van der Waals surface area contributed by atoms with E-state index >= 15 is 0 Å². The van der Waals surface area contributed by atoms with E-state index in [1.54, 1.807) is 11.8 Å². The van der Waals surface area contributed by atoms with Crippen LogP contribution in [0.3, 0.4) is 0 Å². The number of rotatable bonds is 5. The van der Waals surface area contributed by atoms with Gasteiger partial charge in [0.1, 0.15) is 0 Å². The summed E-state index contributed by atoms with van der Waals surface area (Å²) in [6.45, 7) is 0. The van der Waals surface area contributed by atoms with E-state index in [0.29, 0.717) is 6.42 Å². The fourth-order valence-electron chi connectivity index (χ4n) is 0.943. The van der Waals surface area contributed by atoms with Crippen molar-refractivity contribution in [2.24, 2.45) is 0 Å². The smallest absolute Gasteiger partial charge is 0.244 e. The zero-order chi connectivity index (χ0) is 10.2. The molecule has 1 amide bonds. The molecule has 0 aliphatic rings. The molecule has 0 aliphatic carbocycles. The molecule has 1 aromatic carbocycles. The SMILES string of the molecule is CONC(=O)CCSc1ccccc1. The van der Waals surface area contributed by atoms with E-state index in [1.807, 2.05) is 30.3 Å². The standard InChI is InChI=1S/C10H13NO2S/c1-13-11-10(12)7-8-14-9-5-3-2-4-6-9/h2-6H,7-8H2,1H3,(H,11,12). The second-order valence-electron chi connectivity index (χ2n) is 2.64. The van der Waals surface area contributed by atoms with Crippen molar-refractivity contribution in [3.63, 3.8) is 0 Å².